The Morgan fingerprint density at radius 3 is 2.92 bits per heavy atom. The number of piperidine rings is 1. The number of benzene rings is 1. The van der Waals surface area contributed by atoms with E-state index in [1.165, 1.54) is 0 Å². The summed E-state index contributed by atoms with van der Waals surface area (Å²) >= 11 is 5.89. The quantitative estimate of drug-likeness (QED) is 0.832. The maximum Gasteiger partial charge on any atom is 0.276 e. The van der Waals surface area contributed by atoms with Crippen LogP contribution in [0.4, 0.5) is 0 Å². The second kappa shape index (κ2) is 7.77. The van der Waals surface area contributed by atoms with Gasteiger partial charge < -0.3 is 9.64 Å². The number of hydrogen-bond acceptors (Lipinski definition) is 4. The van der Waals surface area contributed by atoms with Crippen LogP contribution in [-0.2, 0) is 11.3 Å². The van der Waals surface area contributed by atoms with Crippen LogP contribution < -0.4 is 0 Å². The molecule has 0 N–H and O–H groups in total. The number of methoxy groups -OCH3 is 1. The van der Waals surface area contributed by atoms with Crippen molar-refractivity contribution in [1.82, 2.24) is 19.9 Å². The number of aromatic nitrogens is 3. The third-order valence-corrected chi connectivity index (χ3v) is 4.48. The van der Waals surface area contributed by atoms with E-state index < -0.39 is 0 Å². The smallest absolute Gasteiger partial charge is 0.276 e. The van der Waals surface area contributed by atoms with Gasteiger partial charge in [-0.05, 0) is 36.5 Å². The molecule has 7 heteroatoms. The van der Waals surface area contributed by atoms with Crippen LogP contribution in [0.25, 0.3) is 0 Å². The van der Waals surface area contributed by atoms with E-state index in [1.807, 2.05) is 29.2 Å². The van der Waals surface area contributed by atoms with Crippen LogP contribution in [-0.4, -0.2) is 52.6 Å². The summed E-state index contributed by atoms with van der Waals surface area (Å²) in [5.74, 6) is 0.343. The first-order valence-corrected chi connectivity index (χ1v) is 8.46. The highest BCUT2D eigenvalue weighted by atomic mass is 35.5. The molecule has 0 radical (unpaired) electrons. The fraction of sp³-hybridized carbons (Fsp3) is 0.471. The monoisotopic (exact) mass is 348 g/mol. The van der Waals surface area contributed by atoms with Gasteiger partial charge in [-0.25, -0.2) is 4.68 Å². The lowest BCUT2D eigenvalue weighted by atomic mass is 9.99. The topological polar surface area (TPSA) is 60.2 Å². The van der Waals surface area contributed by atoms with E-state index in [-0.39, 0.29) is 5.91 Å². The van der Waals surface area contributed by atoms with Crippen molar-refractivity contribution in [2.75, 3.05) is 26.8 Å². The van der Waals surface area contributed by atoms with Gasteiger partial charge in [0.25, 0.3) is 5.91 Å². The van der Waals surface area contributed by atoms with Gasteiger partial charge in [-0.1, -0.05) is 28.9 Å². The Morgan fingerprint density at radius 1 is 1.38 bits per heavy atom. The molecule has 1 aromatic heterocycles. The molecule has 1 atom stereocenters. The van der Waals surface area contributed by atoms with E-state index in [9.17, 15) is 4.79 Å². The van der Waals surface area contributed by atoms with Crippen LogP contribution in [0.5, 0.6) is 0 Å². The molecule has 2 heterocycles. The molecule has 0 aliphatic carbocycles. The number of halogens is 1. The van der Waals surface area contributed by atoms with E-state index >= 15 is 0 Å². The largest absolute Gasteiger partial charge is 0.384 e. The van der Waals surface area contributed by atoms with Crippen LogP contribution in [0.2, 0.25) is 5.02 Å². The van der Waals surface area contributed by atoms with Crippen molar-refractivity contribution in [1.29, 1.82) is 0 Å². The van der Waals surface area contributed by atoms with Gasteiger partial charge in [-0.3, -0.25) is 4.79 Å². The Hall–Kier alpha value is -1.92. The van der Waals surface area contributed by atoms with Crippen LogP contribution in [0.3, 0.4) is 0 Å². The molecule has 6 nitrogen and oxygen atoms in total. The number of carbonyl (C=O) groups is 1. The van der Waals surface area contributed by atoms with Gasteiger partial charge in [-0.2, -0.15) is 0 Å². The minimum atomic E-state index is -0.0573. The fourth-order valence-electron chi connectivity index (χ4n) is 3.03. The molecule has 1 amide bonds. The molecule has 24 heavy (non-hydrogen) atoms. The van der Waals surface area contributed by atoms with Crippen molar-refractivity contribution in [3.63, 3.8) is 0 Å². The molecule has 0 bridgehead atoms. The normalized spacial score (nSPS) is 17.9. The van der Waals surface area contributed by atoms with E-state index in [4.69, 9.17) is 16.3 Å². The van der Waals surface area contributed by atoms with E-state index in [0.29, 0.717) is 29.8 Å². The number of hydrogen-bond donors (Lipinski definition) is 0. The van der Waals surface area contributed by atoms with Crippen LogP contribution >= 0.6 is 11.6 Å². The number of rotatable bonds is 5. The van der Waals surface area contributed by atoms with Crippen LogP contribution in [0, 0.1) is 5.92 Å². The first kappa shape index (κ1) is 16.9. The molecule has 3 rings (SSSR count). The summed E-state index contributed by atoms with van der Waals surface area (Å²) in [6.07, 6.45) is 3.80. The summed E-state index contributed by atoms with van der Waals surface area (Å²) in [4.78, 5) is 14.5. The highest BCUT2D eigenvalue weighted by Crippen LogP contribution is 2.18. The Balaban J connectivity index is 1.64. The highest BCUT2D eigenvalue weighted by molar-refractivity contribution is 6.30. The Labute approximate surface area is 146 Å². The number of nitrogens with zero attached hydrogens (tertiary/aromatic N) is 4. The van der Waals surface area contributed by atoms with Gasteiger partial charge in [0.05, 0.1) is 19.3 Å². The first-order valence-electron chi connectivity index (χ1n) is 8.08. The standard InChI is InChI=1S/C17H21ClN4O2/c1-24-12-14-3-2-8-21(9-14)17(23)16-11-22(20-19-16)10-13-4-6-15(18)7-5-13/h4-7,11,14H,2-3,8-10,12H2,1H3. The maximum absolute atomic E-state index is 12.6. The SMILES string of the molecule is COCC1CCCN(C(=O)c2cn(Cc3ccc(Cl)cc3)nn2)C1. The van der Waals surface area contributed by atoms with Gasteiger partial charge in [0.15, 0.2) is 5.69 Å². The molecule has 128 valence electrons. The van der Waals surface area contributed by atoms with Crippen LogP contribution in [0.1, 0.15) is 28.9 Å². The van der Waals surface area contributed by atoms with Gasteiger partial charge in [0.2, 0.25) is 0 Å². The van der Waals surface area contributed by atoms with Gasteiger partial charge >= 0.3 is 0 Å². The third kappa shape index (κ3) is 4.13. The lowest BCUT2D eigenvalue weighted by Crippen LogP contribution is -2.41. The summed E-state index contributed by atoms with van der Waals surface area (Å²) in [5.41, 5.74) is 1.45. The second-order valence-corrected chi connectivity index (χ2v) is 6.58. The van der Waals surface area contributed by atoms with Crippen molar-refractivity contribution < 1.29 is 9.53 Å². The van der Waals surface area contributed by atoms with Crippen LogP contribution in [0.15, 0.2) is 30.5 Å². The molecule has 0 saturated carbocycles. The number of carbonyl (C=O) groups excluding carboxylic acids is 1. The summed E-state index contributed by atoms with van der Waals surface area (Å²) < 4.78 is 6.89. The molecular weight excluding hydrogens is 328 g/mol. The summed E-state index contributed by atoms with van der Waals surface area (Å²) in [5, 5.41) is 8.81. The number of amides is 1. The Kier molecular flexibility index (Phi) is 5.48. The molecule has 2 aromatic rings. The third-order valence-electron chi connectivity index (χ3n) is 4.22. The van der Waals surface area contributed by atoms with Gasteiger partial charge in [-0.15, -0.1) is 5.10 Å². The number of likely N-dealkylation sites (tertiary alicyclic amines) is 1. The minimum absolute atomic E-state index is 0.0573. The molecule has 1 saturated heterocycles. The summed E-state index contributed by atoms with van der Waals surface area (Å²) in [7, 11) is 1.70. The minimum Gasteiger partial charge on any atom is -0.384 e. The van der Waals surface area contributed by atoms with Crippen molar-refractivity contribution >= 4 is 17.5 Å². The number of ether oxygens (including phenoxy) is 1. The zero-order chi connectivity index (χ0) is 16.9. The van der Waals surface area contributed by atoms with Gasteiger partial charge in [0, 0.05) is 25.2 Å². The summed E-state index contributed by atoms with van der Waals surface area (Å²) in [6.45, 7) is 2.73. The maximum atomic E-state index is 12.6. The Morgan fingerprint density at radius 2 is 2.17 bits per heavy atom. The zero-order valence-corrected chi connectivity index (χ0v) is 14.4. The van der Waals surface area contributed by atoms with Gasteiger partial charge in [0.1, 0.15) is 0 Å². The van der Waals surface area contributed by atoms with E-state index in [0.717, 1.165) is 31.5 Å². The molecule has 1 aromatic carbocycles. The lowest BCUT2D eigenvalue weighted by molar-refractivity contribution is 0.0565. The lowest BCUT2D eigenvalue weighted by Gasteiger charge is -2.31. The molecule has 1 fully saturated rings. The Bertz CT molecular complexity index is 684. The predicted octanol–water partition coefficient (Wildman–Crippen LogP) is 2.48. The predicted molar refractivity (Wildman–Crippen MR) is 91.1 cm³/mol. The summed E-state index contributed by atoms with van der Waals surface area (Å²) in [6, 6.07) is 7.55. The average Bonchev–Trinajstić information content (AvgIpc) is 3.05. The zero-order valence-electron chi connectivity index (χ0n) is 13.7. The molecule has 1 unspecified atom stereocenters. The highest BCUT2D eigenvalue weighted by Gasteiger charge is 2.26. The van der Waals surface area contributed by atoms with Crippen molar-refractivity contribution in [3.8, 4) is 0 Å². The van der Waals surface area contributed by atoms with E-state index in [1.54, 1.807) is 18.0 Å². The molecular formula is C17H21ClN4O2. The van der Waals surface area contributed by atoms with Crippen molar-refractivity contribution in [3.05, 3.63) is 46.7 Å². The molecule has 1 aliphatic heterocycles. The second-order valence-electron chi connectivity index (χ2n) is 6.14. The molecule has 1 aliphatic rings. The van der Waals surface area contributed by atoms with Crippen molar-refractivity contribution in [2.45, 2.75) is 19.4 Å². The first-order chi connectivity index (χ1) is 11.7. The van der Waals surface area contributed by atoms with E-state index in [2.05, 4.69) is 10.3 Å². The molecule has 0 spiro atoms. The average molecular weight is 349 g/mol. The fourth-order valence-corrected chi connectivity index (χ4v) is 3.16. The van der Waals surface area contributed by atoms with Crippen molar-refractivity contribution in [2.24, 2.45) is 5.92 Å².